The normalized spacial score (nSPS) is 14.4. The minimum Gasteiger partial charge on any atom is -0.462 e. The Balaban J connectivity index is 5.25. The quantitative estimate of drug-likeness (QED) is 0.0222. The number of phosphoric acid groups is 2. The van der Waals surface area contributed by atoms with Crippen molar-refractivity contribution < 1.29 is 80.2 Å². The third-order valence-electron chi connectivity index (χ3n) is 17.2. The lowest BCUT2D eigenvalue weighted by Crippen LogP contribution is -2.30. The highest BCUT2D eigenvalue weighted by molar-refractivity contribution is 7.47. The summed E-state index contributed by atoms with van der Waals surface area (Å²) in [6, 6.07) is 0. The standard InChI is InChI=1S/C73H142O17P2/c1-8-10-11-12-13-23-33-40-47-54-70(75)83-60-68(90-73(78)57-50-43-36-29-21-19-25-31-38-45-52-65(5)6)62-87-91(79,80)85-58-67(74)59-86-92(81,82)88-63-69(61-84-71(76)55-48-41-34-27-22-20-26-32-39-46-53-66(7)9-2)89-72(77)56-49-42-35-28-18-16-14-15-17-24-30-37-44-51-64(3)4/h64-69,74H,8-63H2,1-7H3,(H,79,80)(H,81,82)/t66?,67-,68+,69+/m0/s1. The Labute approximate surface area is 562 Å². The monoisotopic (exact) mass is 1350 g/mol. The molecule has 0 saturated heterocycles. The molecular formula is C73H142O17P2. The van der Waals surface area contributed by atoms with Gasteiger partial charge in [0.1, 0.15) is 19.3 Å². The molecule has 0 saturated carbocycles. The largest absolute Gasteiger partial charge is 0.472 e. The summed E-state index contributed by atoms with van der Waals surface area (Å²) in [4.78, 5) is 72.7. The maximum absolute atomic E-state index is 13.1. The van der Waals surface area contributed by atoms with E-state index in [1.165, 1.54) is 180 Å². The molecule has 0 aromatic heterocycles. The zero-order valence-corrected chi connectivity index (χ0v) is 61.8. The summed E-state index contributed by atoms with van der Waals surface area (Å²) in [5, 5.41) is 10.6. The summed E-state index contributed by atoms with van der Waals surface area (Å²) in [5.74, 6) is 0.226. The Bertz CT molecular complexity index is 1800. The van der Waals surface area contributed by atoms with Crippen molar-refractivity contribution in [2.75, 3.05) is 39.6 Å². The number of aliphatic hydroxyl groups is 1. The number of carbonyl (C=O) groups excluding carboxylic acids is 4. The van der Waals surface area contributed by atoms with Crippen LogP contribution in [0.25, 0.3) is 0 Å². The number of rotatable bonds is 71. The van der Waals surface area contributed by atoms with E-state index in [-0.39, 0.29) is 25.7 Å². The molecule has 0 radical (unpaired) electrons. The molecule has 0 aliphatic rings. The van der Waals surface area contributed by atoms with Gasteiger partial charge in [0, 0.05) is 25.7 Å². The highest BCUT2D eigenvalue weighted by Gasteiger charge is 2.30. The second-order valence-electron chi connectivity index (χ2n) is 27.5. The van der Waals surface area contributed by atoms with Gasteiger partial charge in [-0.05, 0) is 43.4 Å². The number of unbranched alkanes of at least 4 members (excludes halogenated alkanes) is 38. The molecule has 3 unspecified atom stereocenters. The predicted octanol–water partition coefficient (Wildman–Crippen LogP) is 21.0. The number of hydrogen-bond acceptors (Lipinski definition) is 15. The van der Waals surface area contributed by atoms with E-state index >= 15 is 0 Å². The molecular weight excluding hydrogens is 1210 g/mol. The van der Waals surface area contributed by atoms with Crippen LogP contribution in [0.15, 0.2) is 0 Å². The van der Waals surface area contributed by atoms with E-state index in [0.29, 0.717) is 25.7 Å². The Morgan fingerprint density at radius 1 is 0.315 bits per heavy atom. The lowest BCUT2D eigenvalue weighted by molar-refractivity contribution is -0.161. The van der Waals surface area contributed by atoms with Crippen LogP contribution in [0, 0.1) is 17.8 Å². The second-order valence-corrected chi connectivity index (χ2v) is 30.4. The summed E-state index contributed by atoms with van der Waals surface area (Å²) >= 11 is 0. The van der Waals surface area contributed by atoms with Crippen LogP contribution in [0.2, 0.25) is 0 Å². The summed E-state index contributed by atoms with van der Waals surface area (Å²) in [6.45, 7) is 11.9. The molecule has 17 nitrogen and oxygen atoms in total. The Kier molecular flexibility index (Phi) is 62.4. The van der Waals surface area contributed by atoms with E-state index < -0.39 is 97.5 Å². The van der Waals surface area contributed by atoms with Crippen LogP contribution in [-0.2, 0) is 65.4 Å². The Morgan fingerprint density at radius 2 is 0.554 bits per heavy atom. The number of phosphoric ester groups is 2. The van der Waals surface area contributed by atoms with Crippen molar-refractivity contribution in [1.29, 1.82) is 0 Å². The molecule has 0 spiro atoms. The van der Waals surface area contributed by atoms with Crippen molar-refractivity contribution in [1.82, 2.24) is 0 Å². The number of ether oxygens (including phenoxy) is 4. The summed E-state index contributed by atoms with van der Waals surface area (Å²) in [5.41, 5.74) is 0. The van der Waals surface area contributed by atoms with Crippen LogP contribution in [0.4, 0.5) is 0 Å². The van der Waals surface area contributed by atoms with Crippen molar-refractivity contribution in [3.63, 3.8) is 0 Å². The number of hydrogen-bond donors (Lipinski definition) is 3. The van der Waals surface area contributed by atoms with Gasteiger partial charge in [-0.2, -0.15) is 0 Å². The lowest BCUT2D eigenvalue weighted by atomic mass is 9.99. The van der Waals surface area contributed by atoms with Gasteiger partial charge in [-0.25, -0.2) is 9.13 Å². The van der Waals surface area contributed by atoms with Crippen LogP contribution in [0.5, 0.6) is 0 Å². The first-order chi connectivity index (χ1) is 44.3. The Hall–Kier alpha value is -1.94. The zero-order valence-electron chi connectivity index (χ0n) is 60.0. The van der Waals surface area contributed by atoms with Gasteiger partial charge in [0.15, 0.2) is 12.2 Å². The fourth-order valence-corrected chi connectivity index (χ4v) is 12.6. The molecule has 0 aliphatic carbocycles. The minimum atomic E-state index is -4.96. The maximum Gasteiger partial charge on any atom is 0.472 e. The van der Waals surface area contributed by atoms with Crippen LogP contribution in [-0.4, -0.2) is 96.7 Å². The van der Waals surface area contributed by atoms with Crippen molar-refractivity contribution in [2.45, 2.75) is 388 Å². The van der Waals surface area contributed by atoms with Gasteiger partial charge in [-0.1, -0.05) is 318 Å². The molecule has 92 heavy (non-hydrogen) atoms. The number of esters is 4. The molecule has 546 valence electrons. The first-order valence-electron chi connectivity index (χ1n) is 37.9. The first-order valence-corrected chi connectivity index (χ1v) is 40.9. The fraction of sp³-hybridized carbons (Fsp3) is 0.945. The van der Waals surface area contributed by atoms with Crippen molar-refractivity contribution in [3.05, 3.63) is 0 Å². The third kappa shape index (κ3) is 65.4. The third-order valence-corrected chi connectivity index (χ3v) is 19.1. The van der Waals surface area contributed by atoms with E-state index in [0.717, 1.165) is 108 Å². The van der Waals surface area contributed by atoms with E-state index in [2.05, 4.69) is 48.5 Å². The van der Waals surface area contributed by atoms with E-state index in [1.54, 1.807) is 0 Å². The Morgan fingerprint density at radius 3 is 0.826 bits per heavy atom. The van der Waals surface area contributed by atoms with Gasteiger partial charge >= 0.3 is 39.5 Å². The van der Waals surface area contributed by atoms with Gasteiger partial charge < -0.3 is 33.8 Å². The van der Waals surface area contributed by atoms with Gasteiger partial charge in [0.05, 0.1) is 26.4 Å². The van der Waals surface area contributed by atoms with Gasteiger partial charge in [0.2, 0.25) is 0 Å². The van der Waals surface area contributed by atoms with E-state index in [4.69, 9.17) is 37.0 Å². The predicted molar refractivity (Wildman–Crippen MR) is 372 cm³/mol. The molecule has 6 atom stereocenters. The van der Waals surface area contributed by atoms with Crippen LogP contribution < -0.4 is 0 Å². The van der Waals surface area contributed by atoms with E-state index in [9.17, 15) is 43.2 Å². The maximum atomic E-state index is 13.1. The topological polar surface area (TPSA) is 237 Å². The average molecular weight is 1350 g/mol. The molecule has 0 amide bonds. The van der Waals surface area contributed by atoms with Crippen molar-refractivity contribution in [2.24, 2.45) is 17.8 Å². The molecule has 19 heteroatoms. The van der Waals surface area contributed by atoms with E-state index in [1.807, 2.05) is 0 Å². The summed E-state index contributed by atoms with van der Waals surface area (Å²) in [6.07, 6.45) is 48.4. The smallest absolute Gasteiger partial charge is 0.462 e. The minimum absolute atomic E-state index is 0.106. The van der Waals surface area contributed by atoms with Crippen molar-refractivity contribution in [3.8, 4) is 0 Å². The van der Waals surface area contributed by atoms with Crippen molar-refractivity contribution >= 4 is 39.5 Å². The number of carbonyl (C=O) groups is 4. The SMILES string of the molecule is CCCCCCCCCCCC(=O)OC[C@H](COP(=O)(O)OC[C@H](O)COP(=O)(O)OC[C@@H](COC(=O)CCCCCCCCCCCCC(C)CC)OC(=O)CCCCCCCCCCCCCCCC(C)C)OC(=O)CCCCCCCCCCCCC(C)C. The van der Waals surface area contributed by atoms with Gasteiger partial charge in [-0.3, -0.25) is 37.3 Å². The molecule has 0 aliphatic heterocycles. The molecule has 3 N–H and O–H groups in total. The molecule has 0 bridgehead atoms. The highest BCUT2D eigenvalue weighted by Crippen LogP contribution is 2.45. The van der Waals surface area contributed by atoms with Crippen LogP contribution in [0.3, 0.4) is 0 Å². The highest BCUT2D eigenvalue weighted by atomic mass is 31.2. The lowest BCUT2D eigenvalue weighted by Gasteiger charge is -2.21. The second kappa shape index (κ2) is 63.8. The summed E-state index contributed by atoms with van der Waals surface area (Å²) in [7, 11) is -9.91. The average Bonchev–Trinajstić information content (AvgIpc) is 2.83. The van der Waals surface area contributed by atoms with Crippen LogP contribution in [0.1, 0.15) is 370 Å². The van der Waals surface area contributed by atoms with Gasteiger partial charge in [0.25, 0.3) is 0 Å². The number of aliphatic hydroxyl groups excluding tert-OH is 1. The first kappa shape index (κ1) is 90.1. The molecule has 0 heterocycles. The van der Waals surface area contributed by atoms with Crippen LogP contribution >= 0.6 is 15.6 Å². The van der Waals surface area contributed by atoms with Gasteiger partial charge in [-0.15, -0.1) is 0 Å². The molecule has 0 aromatic carbocycles. The fourth-order valence-electron chi connectivity index (χ4n) is 11.0. The zero-order chi connectivity index (χ0) is 68.0. The molecule has 0 rings (SSSR count). The molecule has 0 aromatic rings. The molecule has 0 fully saturated rings. The summed E-state index contributed by atoms with van der Waals surface area (Å²) < 4.78 is 68.4.